The summed E-state index contributed by atoms with van der Waals surface area (Å²) in [5, 5.41) is 4.31. The lowest BCUT2D eigenvalue weighted by Crippen LogP contribution is -1.98. The summed E-state index contributed by atoms with van der Waals surface area (Å²) in [5.41, 5.74) is 2.84. The molecule has 0 fully saturated rings. The number of rotatable bonds is 2. The SMILES string of the molecule is Cc1ccc2cccc(Nc3ncc(I)cn3)c2n1. The van der Waals surface area contributed by atoms with Gasteiger partial charge in [-0.25, -0.2) is 9.97 Å². The number of benzene rings is 1. The van der Waals surface area contributed by atoms with Gasteiger partial charge >= 0.3 is 0 Å². The Bertz CT molecular complexity index is 725. The Balaban J connectivity index is 2.05. The second-order valence-corrected chi connectivity index (χ2v) is 5.43. The smallest absolute Gasteiger partial charge is 0.227 e. The lowest BCUT2D eigenvalue weighted by Gasteiger charge is -2.08. The molecule has 5 heteroatoms. The number of aromatic nitrogens is 3. The molecule has 2 heterocycles. The highest BCUT2D eigenvalue weighted by atomic mass is 127. The monoisotopic (exact) mass is 362 g/mol. The number of pyridine rings is 1. The molecule has 4 nitrogen and oxygen atoms in total. The first kappa shape index (κ1) is 12.3. The molecule has 0 spiro atoms. The van der Waals surface area contributed by atoms with Crippen LogP contribution in [-0.2, 0) is 0 Å². The third-order valence-corrected chi connectivity index (χ3v) is 3.28. The number of halogens is 1. The van der Waals surface area contributed by atoms with Crippen molar-refractivity contribution >= 4 is 45.1 Å². The van der Waals surface area contributed by atoms with Gasteiger partial charge in [0.25, 0.3) is 0 Å². The van der Waals surface area contributed by atoms with Crippen molar-refractivity contribution in [2.75, 3.05) is 5.32 Å². The van der Waals surface area contributed by atoms with E-state index in [0.717, 1.165) is 25.9 Å². The predicted octanol–water partition coefficient (Wildman–Crippen LogP) is 3.68. The van der Waals surface area contributed by atoms with Crippen LogP contribution < -0.4 is 5.32 Å². The first-order chi connectivity index (χ1) is 9.22. The van der Waals surface area contributed by atoms with Crippen LogP contribution in [0.25, 0.3) is 10.9 Å². The zero-order valence-corrected chi connectivity index (χ0v) is 12.4. The van der Waals surface area contributed by atoms with Crippen LogP contribution in [0.1, 0.15) is 5.69 Å². The number of hydrogen-bond acceptors (Lipinski definition) is 4. The molecule has 0 aliphatic carbocycles. The molecule has 0 unspecified atom stereocenters. The van der Waals surface area contributed by atoms with Crippen LogP contribution in [0.2, 0.25) is 0 Å². The number of para-hydroxylation sites is 1. The Morgan fingerprint density at radius 1 is 1.05 bits per heavy atom. The molecular weight excluding hydrogens is 351 g/mol. The van der Waals surface area contributed by atoms with Crippen LogP contribution >= 0.6 is 22.6 Å². The molecule has 19 heavy (non-hydrogen) atoms. The molecule has 2 aromatic heterocycles. The molecule has 0 saturated carbocycles. The minimum Gasteiger partial charge on any atom is -0.322 e. The molecule has 0 bridgehead atoms. The van der Waals surface area contributed by atoms with Gasteiger partial charge in [0.15, 0.2) is 0 Å². The summed E-state index contributed by atoms with van der Waals surface area (Å²) >= 11 is 2.18. The number of aryl methyl sites for hydroxylation is 1. The highest BCUT2D eigenvalue weighted by Gasteiger charge is 2.04. The van der Waals surface area contributed by atoms with Crippen LogP contribution in [-0.4, -0.2) is 15.0 Å². The van der Waals surface area contributed by atoms with Crippen LogP contribution in [0.4, 0.5) is 11.6 Å². The molecule has 3 aromatic rings. The maximum atomic E-state index is 4.57. The predicted molar refractivity (Wildman–Crippen MR) is 84.5 cm³/mol. The quantitative estimate of drug-likeness (QED) is 0.707. The van der Waals surface area contributed by atoms with E-state index in [9.17, 15) is 0 Å². The Morgan fingerprint density at radius 2 is 1.84 bits per heavy atom. The van der Waals surface area contributed by atoms with Gasteiger partial charge in [-0.15, -0.1) is 0 Å². The van der Waals surface area contributed by atoms with Crippen LogP contribution in [0.3, 0.4) is 0 Å². The number of hydrogen-bond donors (Lipinski definition) is 1. The van der Waals surface area contributed by atoms with Crippen molar-refractivity contribution in [3.8, 4) is 0 Å². The van der Waals surface area contributed by atoms with E-state index < -0.39 is 0 Å². The molecule has 0 aliphatic rings. The van der Waals surface area contributed by atoms with E-state index in [1.807, 2.05) is 31.2 Å². The van der Waals surface area contributed by atoms with Crippen molar-refractivity contribution in [3.05, 3.63) is 52.0 Å². The van der Waals surface area contributed by atoms with Gasteiger partial charge in [0.2, 0.25) is 5.95 Å². The minimum atomic E-state index is 0.580. The lowest BCUT2D eigenvalue weighted by atomic mass is 10.2. The number of nitrogens with zero attached hydrogens (tertiary/aromatic N) is 3. The summed E-state index contributed by atoms with van der Waals surface area (Å²) in [6.45, 7) is 1.98. The van der Waals surface area contributed by atoms with Gasteiger partial charge in [0.1, 0.15) is 0 Å². The zero-order valence-electron chi connectivity index (χ0n) is 10.3. The Labute approximate surface area is 124 Å². The van der Waals surface area contributed by atoms with Crippen LogP contribution in [0.15, 0.2) is 42.7 Å². The minimum absolute atomic E-state index is 0.580. The average molecular weight is 362 g/mol. The van der Waals surface area contributed by atoms with Gasteiger partial charge in [-0.2, -0.15) is 0 Å². The van der Waals surface area contributed by atoms with Gasteiger partial charge in [0, 0.05) is 27.0 Å². The topological polar surface area (TPSA) is 50.7 Å². The van der Waals surface area contributed by atoms with E-state index in [4.69, 9.17) is 0 Å². The third-order valence-electron chi connectivity index (χ3n) is 2.73. The van der Waals surface area contributed by atoms with Crippen molar-refractivity contribution in [2.45, 2.75) is 6.92 Å². The molecule has 94 valence electrons. The van der Waals surface area contributed by atoms with E-state index in [1.54, 1.807) is 12.4 Å². The summed E-state index contributed by atoms with van der Waals surface area (Å²) < 4.78 is 1.01. The number of fused-ring (bicyclic) bond motifs is 1. The van der Waals surface area contributed by atoms with E-state index >= 15 is 0 Å². The fourth-order valence-electron chi connectivity index (χ4n) is 1.84. The standard InChI is InChI=1S/C14H11IN4/c1-9-5-6-10-3-2-4-12(13(10)18-9)19-14-16-7-11(15)8-17-14/h2-8H,1H3,(H,16,17,19). The Kier molecular flexibility index (Phi) is 3.29. The number of anilines is 2. The van der Waals surface area contributed by atoms with Crippen molar-refractivity contribution in [2.24, 2.45) is 0 Å². The van der Waals surface area contributed by atoms with E-state index in [-0.39, 0.29) is 0 Å². The Morgan fingerprint density at radius 3 is 2.63 bits per heavy atom. The first-order valence-corrected chi connectivity index (χ1v) is 6.91. The van der Waals surface area contributed by atoms with E-state index in [0.29, 0.717) is 5.95 Å². The van der Waals surface area contributed by atoms with Crippen molar-refractivity contribution in [1.82, 2.24) is 15.0 Å². The maximum Gasteiger partial charge on any atom is 0.227 e. The first-order valence-electron chi connectivity index (χ1n) is 5.83. The van der Waals surface area contributed by atoms with Gasteiger partial charge in [0.05, 0.1) is 11.2 Å². The fourth-order valence-corrected chi connectivity index (χ4v) is 2.12. The molecule has 0 aliphatic heterocycles. The van der Waals surface area contributed by atoms with Gasteiger partial charge < -0.3 is 5.32 Å². The summed E-state index contributed by atoms with van der Waals surface area (Å²) in [5.74, 6) is 0.580. The molecule has 1 N–H and O–H groups in total. The maximum absolute atomic E-state index is 4.57. The molecule has 3 rings (SSSR count). The van der Waals surface area contributed by atoms with Crippen molar-refractivity contribution in [3.63, 3.8) is 0 Å². The fraction of sp³-hybridized carbons (Fsp3) is 0.0714. The zero-order chi connectivity index (χ0) is 13.2. The number of nitrogens with one attached hydrogen (secondary N) is 1. The highest BCUT2D eigenvalue weighted by Crippen LogP contribution is 2.23. The lowest BCUT2D eigenvalue weighted by molar-refractivity contribution is 1.15. The summed E-state index contributed by atoms with van der Waals surface area (Å²) in [4.78, 5) is 13.1. The molecule has 0 radical (unpaired) electrons. The molecule has 0 saturated heterocycles. The van der Waals surface area contributed by atoms with Crippen molar-refractivity contribution in [1.29, 1.82) is 0 Å². The second-order valence-electron chi connectivity index (χ2n) is 4.18. The van der Waals surface area contributed by atoms with E-state index in [2.05, 4.69) is 48.9 Å². The van der Waals surface area contributed by atoms with Crippen molar-refractivity contribution < 1.29 is 0 Å². The highest BCUT2D eigenvalue weighted by molar-refractivity contribution is 14.1. The second kappa shape index (κ2) is 5.08. The average Bonchev–Trinajstić information content (AvgIpc) is 2.42. The molecule has 0 amide bonds. The van der Waals surface area contributed by atoms with Gasteiger partial charge in [-0.1, -0.05) is 18.2 Å². The summed E-state index contributed by atoms with van der Waals surface area (Å²) in [6.07, 6.45) is 3.55. The molecular formula is C14H11IN4. The molecule has 1 aromatic carbocycles. The van der Waals surface area contributed by atoms with Gasteiger partial charge in [-0.3, -0.25) is 4.98 Å². The van der Waals surface area contributed by atoms with Crippen LogP contribution in [0, 0.1) is 10.5 Å². The third kappa shape index (κ3) is 2.65. The Hall–Kier alpha value is -1.76. The largest absolute Gasteiger partial charge is 0.322 e. The van der Waals surface area contributed by atoms with Gasteiger partial charge in [-0.05, 0) is 41.6 Å². The summed E-state index contributed by atoms with van der Waals surface area (Å²) in [7, 11) is 0. The molecule has 0 atom stereocenters. The van der Waals surface area contributed by atoms with Crippen LogP contribution in [0.5, 0.6) is 0 Å². The normalized spacial score (nSPS) is 10.6. The van der Waals surface area contributed by atoms with E-state index in [1.165, 1.54) is 0 Å². The summed E-state index contributed by atoms with van der Waals surface area (Å²) in [6, 6.07) is 10.1.